The molecule has 0 spiro atoms. The number of non-ortho nitro benzene ring substituents is 1. The predicted molar refractivity (Wildman–Crippen MR) is 101 cm³/mol. The fraction of sp³-hybridized carbons (Fsp3) is 0.533. The smallest absolute Gasteiger partial charge is 0.269 e. The number of alkyl halides is 4. The Morgan fingerprint density at radius 3 is 2.27 bits per heavy atom. The number of halogens is 4. The number of hydrogen-bond donors (Lipinski definition) is 1. The zero-order valence-electron chi connectivity index (χ0n) is 13.6. The van der Waals surface area contributed by atoms with Crippen LogP contribution in [0.5, 0.6) is 0 Å². The van der Waals surface area contributed by atoms with Gasteiger partial charge >= 0.3 is 0 Å². The molecule has 0 aliphatic carbocycles. The Morgan fingerprint density at radius 2 is 1.77 bits per heavy atom. The van der Waals surface area contributed by atoms with Gasteiger partial charge in [0.05, 0.1) is 30.8 Å². The lowest BCUT2D eigenvalue weighted by Gasteiger charge is -2.28. The van der Waals surface area contributed by atoms with Crippen LogP contribution in [0.1, 0.15) is 11.7 Å². The molecule has 0 saturated heterocycles. The van der Waals surface area contributed by atoms with Gasteiger partial charge in [-0.2, -0.15) is 0 Å². The van der Waals surface area contributed by atoms with Crippen LogP contribution in [0.3, 0.4) is 0 Å². The van der Waals surface area contributed by atoms with Gasteiger partial charge in [0.2, 0.25) is 0 Å². The van der Waals surface area contributed by atoms with Gasteiger partial charge in [0.15, 0.2) is 4.84 Å². The summed E-state index contributed by atoms with van der Waals surface area (Å²) in [6, 6.07) is 5.11. The van der Waals surface area contributed by atoms with Gasteiger partial charge in [-0.1, -0.05) is 23.2 Å². The summed E-state index contributed by atoms with van der Waals surface area (Å²) in [6.45, 7) is 0.529. The molecule has 0 aliphatic rings. The number of carbonyl (C=O) groups is 1. The molecule has 0 heterocycles. The molecule has 0 aliphatic heterocycles. The lowest BCUT2D eigenvalue weighted by Crippen LogP contribution is -2.45. The van der Waals surface area contributed by atoms with E-state index in [9.17, 15) is 14.9 Å². The van der Waals surface area contributed by atoms with Gasteiger partial charge in [0.1, 0.15) is 6.10 Å². The number of amides is 1. The first-order valence-corrected chi connectivity index (χ1v) is 9.49. The second kappa shape index (κ2) is 12.5. The van der Waals surface area contributed by atoms with Gasteiger partial charge in [-0.05, 0) is 17.7 Å². The number of nitro benzene ring substituents is 1. The molecule has 0 fully saturated rings. The number of carbonyl (C=O) groups excluding carboxylic acids is 1. The zero-order valence-corrected chi connectivity index (χ0v) is 16.6. The average Bonchev–Trinajstić information content (AvgIpc) is 2.62. The normalized spacial score (nSPS) is 13.4. The monoisotopic (exact) mass is 446 g/mol. The van der Waals surface area contributed by atoms with Crippen LogP contribution in [-0.2, 0) is 14.3 Å². The summed E-state index contributed by atoms with van der Waals surface area (Å²) >= 11 is 22.5. The summed E-state index contributed by atoms with van der Waals surface area (Å²) < 4.78 is 11.2. The van der Waals surface area contributed by atoms with Crippen molar-refractivity contribution in [1.82, 2.24) is 5.32 Å². The molecule has 1 rings (SSSR count). The number of rotatable bonds is 12. The molecule has 146 valence electrons. The zero-order chi connectivity index (χ0) is 19.5. The summed E-state index contributed by atoms with van der Waals surface area (Å²) in [7, 11) is 0. The first-order valence-electron chi connectivity index (χ1n) is 7.54. The summed E-state index contributed by atoms with van der Waals surface area (Å²) in [4.78, 5) is 21.0. The Kier molecular flexibility index (Phi) is 11.2. The van der Waals surface area contributed by atoms with Crippen molar-refractivity contribution in [3.63, 3.8) is 0 Å². The minimum absolute atomic E-state index is 0.0644. The van der Waals surface area contributed by atoms with E-state index in [1.165, 1.54) is 24.3 Å². The van der Waals surface area contributed by atoms with Gasteiger partial charge < -0.3 is 14.8 Å². The van der Waals surface area contributed by atoms with Crippen LogP contribution < -0.4 is 5.32 Å². The molecule has 0 bridgehead atoms. The van der Waals surface area contributed by atoms with Crippen LogP contribution in [0.2, 0.25) is 0 Å². The summed E-state index contributed by atoms with van der Waals surface area (Å²) in [5, 5.41) is 13.5. The van der Waals surface area contributed by atoms with E-state index >= 15 is 0 Å². The van der Waals surface area contributed by atoms with Crippen LogP contribution in [0.4, 0.5) is 5.69 Å². The van der Waals surface area contributed by atoms with E-state index in [2.05, 4.69) is 5.32 Å². The maximum atomic E-state index is 11.9. The molecule has 1 N–H and O–H groups in total. The Hall–Kier alpha value is -0.830. The Bertz CT molecular complexity index is 574. The van der Waals surface area contributed by atoms with Crippen LogP contribution in [0.25, 0.3) is 0 Å². The van der Waals surface area contributed by atoms with Crippen molar-refractivity contribution in [2.45, 2.75) is 17.0 Å². The largest absolute Gasteiger partial charge is 0.378 e. The van der Waals surface area contributed by atoms with E-state index in [-0.39, 0.29) is 37.3 Å². The molecule has 0 unspecified atom stereocenters. The third kappa shape index (κ3) is 7.82. The van der Waals surface area contributed by atoms with E-state index < -0.39 is 27.8 Å². The topological polar surface area (TPSA) is 90.7 Å². The molecule has 0 saturated carbocycles. The van der Waals surface area contributed by atoms with Crippen molar-refractivity contribution in [3.8, 4) is 0 Å². The first-order chi connectivity index (χ1) is 12.4. The van der Waals surface area contributed by atoms with Crippen LogP contribution >= 0.6 is 46.4 Å². The van der Waals surface area contributed by atoms with Crippen molar-refractivity contribution < 1.29 is 19.2 Å². The molecule has 7 nitrogen and oxygen atoms in total. The fourth-order valence-corrected chi connectivity index (χ4v) is 2.44. The molecule has 0 aromatic heterocycles. The Labute approximate surface area is 171 Å². The highest BCUT2D eigenvalue weighted by Gasteiger charge is 2.28. The lowest BCUT2D eigenvalue weighted by molar-refractivity contribution is -0.384. The highest BCUT2D eigenvalue weighted by molar-refractivity contribution is 6.53. The first kappa shape index (κ1) is 23.2. The summed E-state index contributed by atoms with van der Waals surface area (Å²) in [6.07, 6.45) is -0.680. The number of nitrogens with zero attached hydrogens (tertiary/aromatic N) is 1. The highest BCUT2D eigenvalue weighted by atomic mass is 35.5. The van der Waals surface area contributed by atoms with E-state index in [4.69, 9.17) is 55.9 Å². The van der Waals surface area contributed by atoms with Crippen molar-refractivity contribution >= 4 is 58.0 Å². The molecule has 2 atom stereocenters. The molecule has 11 heteroatoms. The molecule has 1 amide bonds. The molecule has 26 heavy (non-hydrogen) atoms. The van der Waals surface area contributed by atoms with Crippen LogP contribution in [0, 0.1) is 10.1 Å². The number of nitro groups is 1. The van der Waals surface area contributed by atoms with E-state index in [1.54, 1.807) is 0 Å². The minimum Gasteiger partial charge on any atom is -0.378 e. The van der Waals surface area contributed by atoms with Gasteiger partial charge in [0, 0.05) is 23.9 Å². The van der Waals surface area contributed by atoms with Gasteiger partial charge in [-0.25, -0.2) is 0 Å². The van der Waals surface area contributed by atoms with E-state index in [1.807, 2.05) is 0 Å². The fourth-order valence-electron chi connectivity index (χ4n) is 2.12. The predicted octanol–water partition coefficient (Wildman–Crippen LogP) is 3.44. The third-order valence-corrected chi connectivity index (χ3v) is 3.92. The minimum atomic E-state index is -1.27. The lowest BCUT2D eigenvalue weighted by atomic mass is 10.0. The van der Waals surface area contributed by atoms with Crippen molar-refractivity contribution in [2.75, 3.05) is 31.6 Å². The average molecular weight is 448 g/mol. The Morgan fingerprint density at radius 1 is 1.15 bits per heavy atom. The quantitative estimate of drug-likeness (QED) is 0.229. The van der Waals surface area contributed by atoms with E-state index in [0.717, 1.165) is 0 Å². The maximum absolute atomic E-state index is 11.9. The summed E-state index contributed by atoms with van der Waals surface area (Å²) in [5.74, 6) is -0.117. The van der Waals surface area contributed by atoms with Crippen LogP contribution in [0.15, 0.2) is 24.3 Å². The number of ether oxygens (including phenoxy) is 2. The molecule has 0 radical (unpaired) electrons. The van der Waals surface area contributed by atoms with Crippen LogP contribution in [-0.4, -0.2) is 53.3 Å². The molecule has 1 aromatic rings. The van der Waals surface area contributed by atoms with Crippen molar-refractivity contribution in [3.05, 3.63) is 39.9 Å². The number of nitrogens with one attached hydrogen (secondary N) is 1. The third-order valence-electron chi connectivity index (χ3n) is 3.22. The second-order valence-corrected chi connectivity index (χ2v) is 6.86. The number of benzene rings is 1. The van der Waals surface area contributed by atoms with Gasteiger partial charge in [-0.15, -0.1) is 23.2 Å². The highest BCUT2D eigenvalue weighted by Crippen LogP contribution is 2.25. The Balaban J connectivity index is 3.06. The van der Waals surface area contributed by atoms with Crippen molar-refractivity contribution in [2.24, 2.45) is 0 Å². The molecule has 1 aromatic carbocycles. The van der Waals surface area contributed by atoms with Crippen molar-refractivity contribution in [1.29, 1.82) is 0 Å². The SMILES string of the molecule is O=C(N[C@H](COCCCl)[C@H](OCCCl)c1ccc([N+](=O)[O-])cc1)C(Cl)Cl. The summed E-state index contributed by atoms with van der Waals surface area (Å²) in [5.41, 5.74) is 0.534. The second-order valence-electron chi connectivity index (χ2n) is 5.01. The van der Waals surface area contributed by atoms with E-state index in [0.29, 0.717) is 5.56 Å². The molecular formula is C15H18Cl4N2O5. The van der Waals surface area contributed by atoms with Gasteiger partial charge in [0.25, 0.3) is 11.6 Å². The van der Waals surface area contributed by atoms with Gasteiger partial charge in [-0.3, -0.25) is 14.9 Å². The molecular weight excluding hydrogens is 430 g/mol. The maximum Gasteiger partial charge on any atom is 0.269 e. The standard InChI is InChI=1S/C15H18Cl4N2O5/c16-5-7-25-9-12(20-15(22)14(18)19)13(26-8-6-17)10-1-3-11(4-2-10)21(23)24/h1-4,12-14H,5-9H2,(H,20,22)/t12-,13-/m1/s1. The number of hydrogen-bond acceptors (Lipinski definition) is 5.